The van der Waals surface area contributed by atoms with E-state index in [-0.39, 0.29) is 5.95 Å². The number of benzene rings is 2. The standard InChI is InChI=1S/C17H13BrN6/c18-12-2-1-3-13(7-12)22-16-14-6-10(11-8-20-21-9-11)4-5-15(14)23-17(19)24-16/h1-9H,(H,20,21)(H3,19,22,23,24). The predicted octanol–water partition coefficient (Wildman–Crippen LogP) is 4.11. The fraction of sp³-hybridized carbons (Fsp3) is 0. The van der Waals surface area contributed by atoms with Gasteiger partial charge in [0.25, 0.3) is 0 Å². The maximum Gasteiger partial charge on any atom is 0.222 e. The molecule has 4 N–H and O–H groups in total. The Morgan fingerprint density at radius 1 is 1.04 bits per heavy atom. The predicted molar refractivity (Wildman–Crippen MR) is 99.0 cm³/mol. The lowest BCUT2D eigenvalue weighted by molar-refractivity contribution is 1.09. The van der Waals surface area contributed by atoms with Gasteiger partial charge in [-0.1, -0.05) is 28.1 Å². The maximum atomic E-state index is 5.85. The number of nitrogens with zero attached hydrogens (tertiary/aromatic N) is 3. The van der Waals surface area contributed by atoms with Crippen LogP contribution < -0.4 is 11.1 Å². The van der Waals surface area contributed by atoms with Gasteiger partial charge in [-0.3, -0.25) is 5.10 Å². The fourth-order valence-corrected chi connectivity index (χ4v) is 2.93. The number of fused-ring (bicyclic) bond motifs is 1. The molecule has 0 radical (unpaired) electrons. The average Bonchev–Trinajstić information content (AvgIpc) is 3.09. The highest BCUT2D eigenvalue weighted by molar-refractivity contribution is 9.10. The van der Waals surface area contributed by atoms with Gasteiger partial charge in [-0.2, -0.15) is 10.1 Å². The Labute approximate surface area is 146 Å². The van der Waals surface area contributed by atoms with Crippen LogP contribution in [0.2, 0.25) is 0 Å². The molecule has 24 heavy (non-hydrogen) atoms. The summed E-state index contributed by atoms with van der Waals surface area (Å²) in [5, 5.41) is 11.0. The lowest BCUT2D eigenvalue weighted by Crippen LogP contribution is -2.01. The van der Waals surface area contributed by atoms with Crippen LogP contribution in [0.1, 0.15) is 0 Å². The number of nitrogens with one attached hydrogen (secondary N) is 2. The first-order valence-electron chi connectivity index (χ1n) is 7.28. The van der Waals surface area contributed by atoms with E-state index in [9.17, 15) is 0 Å². The third-order valence-electron chi connectivity index (χ3n) is 3.63. The first kappa shape index (κ1) is 14.6. The van der Waals surface area contributed by atoms with Gasteiger partial charge in [-0.15, -0.1) is 0 Å². The molecule has 4 aromatic rings. The Balaban J connectivity index is 1.85. The normalized spacial score (nSPS) is 10.9. The van der Waals surface area contributed by atoms with E-state index in [1.54, 1.807) is 6.20 Å². The van der Waals surface area contributed by atoms with Crippen LogP contribution in [0.15, 0.2) is 59.3 Å². The van der Waals surface area contributed by atoms with E-state index in [1.807, 2.05) is 48.7 Å². The molecule has 0 atom stereocenters. The van der Waals surface area contributed by atoms with Gasteiger partial charge in [0.1, 0.15) is 5.82 Å². The summed E-state index contributed by atoms with van der Waals surface area (Å²) in [6.07, 6.45) is 3.63. The molecular weight excluding hydrogens is 368 g/mol. The molecule has 0 fully saturated rings. The Hall–Kier alpha value is -2.93. The molecule has 0 aliphatic heterocycles. The number of halogens is 1. The highest BCUT2D eigenvalue weighted by atomic mass is 79.9. The van der Waals surface area contributed by atoms with Gasteiger partial charge >= 0.3 is 0 Å². The third-order valence-corrected chi connectivity index (χ3v) is 4.13. The lowest BCUT2D eigenvalue weighted by atomic mass is 10.1. The Morgan fingerprint density at radius 3 is 2.75 bits per heavy atom. The summed E-state index contributed by atoms with van der Waals surface area (Å²) < 4.78 is 0.984. The zero-order valence-electron chi connectivity index (χ0n) is 12.5. The van der Waals surface area contributed by atoms with Gasteiger partial charge in [-0.05, 0) is 35.9 Å². The van der Waals surface area contributed by atoms with Crippen LogP contribution in [-0.4, -0.2) is 20.2 Å². The number of aromatic nitrogens is 4. The molecule has 0 saturated carbocycles. The zero-order chi connectivity index (χ0) is 16.5. The highest BCUT2D eigenvalue weighted by Crippen LogP contribution is 2.29. The summed E-state index contributed by atoms with van der Waals surface area (Å²) in [6, 6.07) is 13.8. The largest absolute Gasteiger partial charge is 0.368 e. The SMILES string of the molecule is Nc1nc(Nc2cccc(Br)c2)c2cc(-c3cn[nH]c3)ccc2n1. The van der Waals surface area contributed by atoms with Crippen molar-refractivity contribution < 1.29 is 0 Å². The van der Waals surface area contributed by atoms with Crippen LogP contribution in [-0.2, 0) is 0 Å². The van der Waals surface area contributed by atoms with Crippen molar-refractivity contribution in [2.24, 2.45) is 0 Å². The molecule has 0 bridgehead atoms. The summed E-state index contributed by atoms with van der Waals surface area (Å²) in [5.41, 5.74) is 9.58. The summed E-state index contributed by atoms with van der Waals surface area (Å²) in [5.74, 6) is 0.900. The topological polar surface area (TPSA) is 92.5 Å². The number of H-pyrrole nitrogens is 1. The average molecular weight is 381 g/mol. The number of anilines is 3. The molecule has 118 valence electrons. The monoisotopic (exact) mass is 380 g/mol. The van der Waals surface area contributed by atoms with Crippen LogP contribution in [0.3, 0.4) is 0 Å². The van der Waals surface area contributed by atoms with Crippen molar-refractivity contribution in [1.82, 2.24) is 20.2 Å². The molecule has 4 rings (SSSR count). The van der Waals surface area contributed by atoms with Gasteiger partial charge in [0.05, 0.1) is 11.7 Å². The van der Waals surface area contributed by atoms with Crippen LogP contribution in [0.25, 0.3) is 22.0 Å². The van der Waals surface area contributed by atoms with Crippen molar-refractivity contribution in [2.45, 2.75) is 0 Å². The molecule has 0 amide bonds. The van der Waals surface area contributed by atoms with Crippen LogP contribution >= 0.6 is 15.9 Å². The summed E-state index contributed by atoms with van der Waals surface area (Å²) in [7, 11) is 0. The van der Waals surface area contributed by atoms with Crippen molar-refractivity contribution in [2.75, 3.05) is 11.1 Å². The van der Waals surface area contributed by atoms with Crippen LogP contribution in [0, 0.1) is 0 Å². The van der Waals surface area contributed by atoms with E-state index >= 15 is 0 Å². The number of nitrogen functional groups attached to an aromatic ring is 1. The number of rotatable bonds is 3. The molecular formula is C17H13BrN6. The van der Waals surface area contributed by atoms with Crippen molar-refractivity contribution in [3.8, 4) is 11.1 Å². The van der Waals surface area contributed by atoms with Crippen molar-refractivity contribution in [1.29, 1.82) is 0 Å². The second-order valence-electron chi connectivity index (χ2n) is 5.28. The van der Waals surface area contributed by atoms with Crippen LogP contribution in [0.4, 0.5) is 17.5 Å². The molecule has 2 heterocycles. The van der Waals surface area contributed by atoms with E-state index < -0.39 is 0 Å². The van der Waals surface area contributed by atoms with Gasteiger partial charge in [0.15, 0.2) is 0 Å². The second kappa shape index (κ2) is 5.93. The molecule has 0 unspecified atom stereocenters. The maximum absolute atomic E-state index is 5.85. The minimum absolute atomic E-state index is 0.232. The van der Waals surface area contributed by atoms with E-state index in [2.05, 4.69) is 41.4 Å². The minimum Gasteiger partial charge on any atom is -0.368 e. The van der Waals surface area contributed by atoms with Crippen molar-refractivity contribution in [3.05, 3.63) is 59.3 Å². The lowest BCUT2D eigenvalue weighted by Gasteiger charge is -2.11. The molecule has 0 aliphatic rings. The van der Waals surface area contributed by atoms with Crippen LogP contribution in [0.5, 0.6) is 0 Å². The van der Waals surface area contributed by atoms with Gasteiger partial charge in [0, 0.05) is 27.3 Å². The van der Waals surface area contributed by atoms with Crippen molar-refractivity contribution in [3.63, 3.8) is 0 Å². The molecule has 2 aromatic heterocycles. The van der Waals surface area contributed by atoms with E-state index in [0.29, 0.717) is 5.82 Å². The van der Waals surface area contributed by atoms with Gasteiger partial charge in [0.2, 0.25) is 5.95 Å². The Kier molecular flexibility index (Phi) is 3.62. The Morgan fingerprint density at radius 2 is 1.96 bits per heavy atom. The molecule has 0 spiro atoms. The minimum atomic E-state index is 0.232. The highest BCUT2D eigenvalue weighted by Gasteiger charge is 2.09. The van der Waals surface area contributed by atoms with Gasteiger partial charge < -0.3 is 11.1 Å². The van der Waals surface area contributed by atoms with Crippen molar-refractivity contribution >= 4 is 44.3 Å². The molecule has 0 saturated heterocycles. The fourth-order valence-electron chi connectivity index (χ4n) is 2.53. The smallest absolute Gasteiger partial charge is 0.222 e. The summed E-state index contributed by atoms with van der Waals surface area (Å²) in [6.45, 7) is 0. The number of hydrogen-bond donors (Lipinski definition) is 3. The second-order valence-corrected chi connectivity index (χ2v) is 6.20. The third kappa shape index (κ3) is 2.81. The molecule has 2 aromatic carbocycles. The Bertz CT molecular complexity index is 1010. The first-order chi connectivity index (χ1) is 11.7. The quantitative estimate of drug-likeness (QED) is 0.497. The first-order valence-corrected chi connectivity index (χ1v) is 8.07. The molecule has 7 heteroatoms. The number of hydrogen-bond acceptors (Lipinski definition) is 5. The summed E-state index contributed by atoms with van der Waals surface area (Å²) in [4.78, 5) is 8.68. The molecule has 6 nitrogen and oxygen atoms in total. The molecule has 0 aliphatic carbocycles. The number of aromatic amines is 1. The van der Waals surface area contributed by atoms with Gasteiger partial charge in [-0.25, -0.2) is 4.98 Å². The zero-order valence-corrected chi connectivity index (χ0v) is 14.1. The number of nitrogens with two attached hydrogens (primary N) is 1. The van der Waals surface area contributed by atoms with E-state index in [1.165, 1.54) is 0 Å². The van der Waals surface area contributed by atoms with E-state index in [4.69, 9.17) is 5.73 Å². The van der Waals surface area contributed by atoms with E-state index in [0.717, 1.165) is 32.2 Å². The summed E-state index contributed by atoms with van der Waals surface area (Å²) >= 11 is 3.47.